The second kappa shape index (κ2) is 4.53. The van der Waals surface area contributed by atoms with Crippen molar-refractivity contribution in [1.29, 1.82) is 0 Å². The molecule has 0 unspecified atom stereocenters. The summed E-state index contributed by atoms with van der Waals surface area (Å²) in [4.78, 5) is 17.0. The Bertz CT molecular complexity index is 635. The average Bonchev–Trinajstić information content (AvgIpc) is 3.17. The largest absolute Gasteiger partial charge is 0.323 e. The van der Waals surface area contributed by atoms with Crippen molar-refractivity contribution < 1.29 is 4.79 Å². The number of carbonyl (C=O) groups is 1. The molecule has 1 heterocycles. The highest BCUT2D eigenvalue weighted by molar-refractivity contribution is 7.07. The Morgan fingerprint density at radius 1 is 1.33 bits per heavy atom. The van der Waals surface area contributed by atoms with E-state index >= 15 is 0 Å². The highest BCUT2D eigenvalue weighted by Gasteiger charge is 2.26. The number of amides is 1. The van der Waals surface area contributed by atoms with Gasteiger partial charge in [-0.1, -0.05) is 18.2 Å². The van der Waals surface area contributed by atoms with Gasteiger partial charge in [-0.25, -0.2) is 0 Å². The average molecular weight is 258 g/mol. The molecule has 0 atom stereocenters. The van der Waals surface area contributed by atoms with Gasteiger partial charge in [0.1, 0.15) is 0 Å². The zero-order valence-corrected chi connectivity index (χ0v) is 11.0. The molecule has 1 aromatic carbocycles. The molecule has 0 aliphatic heterocycles. The van der Waals surface area contributed by atoms with E-state index in [1.807, 2.05) is 29.8 Å². The predicted molar refractivity (Wildman–Crippen MR) is 71.6 cm³/mol. The standard InChI is InChI=1S/C14H14N2OS/c1-16-12(10-7-8-10)9-18-14(16)15-13(17)11-5-3-2-4-6-11/h2-6,9-10H,7-8H2,1H3/b15-14-. The number of hydrogen-bond donors (Lipinski definition) is 0. The minimum atomic E-state index is -0.171. The molecular formula is C14H14N2OS. The van der Waals surface area contributed by atoms with E-state index in [1.54, 1.807) is 23.5 Å². The molecule has 0 radical (unpaired) electrons. The Labute approximate surface area is 109 Å². The molecule has 1 fully saturated rings. The molecule has 0 bridgehead atoms. The molecule has 92 valence electrons. The van der Waals surface area contributed by atoms with Gasteiger partial charge in [0, 0.05) is 29.6 Å². The first-order valence-electron chi connectivity index (χ1n) is 6.04. The molecule has 0 spiro atoms. The maximum atomic E-state index is 12.0. The predicted octanol–water partition coefficient (Wildman–Crippen LogP) is 2.71. The van der Waals surface area contributed by atoms with Gasteiger partial charge in [0.25, 0.3) is 5.91 Å². The van der Waals surface area contributed by atoms with Crippen LogP contribution in [0.15, 0.2) is 40.7 Å². The molecule has 3 nitrogen and oxygen atoms in total. The third kappa shape index (κ3) is 2.16. The SMILES string of the molecule is Cn1c(C2CC2)cs/c1=N\C(=O)c1ccccc1. The van der Waals surface area contributed by atoms with Crippen LogP contribution in [0.1, 0.15) is 34.8 Å². The number of benzene rings is 1. The summed E-state index contributed by atoms with van der Waals surface area (Å²) >= 11 is 1.54. The van der Waals surface area contributed by atoms with Crippen LogP contribution in [0.3, 0.4) is 0 Å². The van der Waals surface area contributed by atoms with E-state index in [2.05, 4.69) is 10.4 Å². The van der Waals surface area contributed by atoms with Crippen molar-refractivity contribution in [2.75, 3.05) is 0 Å². The molecule has 18 heavy (non-hydrogen) atoms. The lowest BCUT2D eigenvalue weighted by Gasteiger charge is -1.98. The summed E-state index contributed by atoms with van der Waals surface area (Å²) in [6, 6.07) is 9.19. The van der Waals surface area contributed by atoms with Crippen molar-refractivity contribution in [3.63, 3.8) is 0 Å². The third-order valence-electron chi connectivity index (χ3n) is 3.17. The van der Waals surface area contributed by atoms with Crippen molar-refractivity contribution in [2.24, 2.45) is 12.0 Å². The van der Waals surface area contributed by atoms with Crippen LogP contribution >= 0.6 is 11.3 Å². The summed E-state index contributed by atoms with van der Waals surface area (Å²) in [5.41, 5.74) is 1.94. The maximum Gasteiger partial charge on any atom is 0.279 e. The zero-order chi connectivity index (χ0) is 12.5. The van der Waals surface area contributed by atoms with Crippen LogP contribution in [-0.4, -0.2) is 10.5 Å². The van der Waals surface area contributed by atoms with Gasteiger partial charge in [0.15, 0.2) is 4.80 Å². The number of aromatic nitrogens is 1. The Morgan fingerprint density at radius 3 is 2.72 bits per heavy atom. The molecule has 3 rings (SSSR count). The fourth-order valence-electron chi connectivity index (χ4n) is 1.96. The van der Waals surface area contributed by atoms with E-state index < -0.39 is 0 Å². The minimum absolute atomic E-state index is 0.171. The number of carbonyl (C=O) groups excluding carboxylic acids is 1. The van der Waals surface area contributed by atoms with E-state index in [-0.39, 0.29) is 5.91 Å². The molecule has 2 aromatic rings. The molecule has 1 aliphatic carbocycles. The van der Waals surface area contributed by atoms with Gasteiger partial charge < -0.3 is 4.57 Å². The molecule has 4 heteroatoms. The molecule has 0 N–H and O–H groups in total. The summed E-state index contributed by atoms with van der Waals surface area (Å²) in [7, 11) is 1.99. The van der Waals surface area contributed by atoms with Crippen LogP contribution < -0.4 is 4.80 Å². The topological polar surface area (TPSA) is 34.4 Å². The maximum absolute atomic E-state index is 12.0. The van der Waals surface area contributed by atoms with Gasteiger partial charge in [0.2, 0.25) is 0 Å². The fraction of sp³-hybridized carbons (Fsp3) is 0.286. The Hall–Kier alpha value is -1.68. The first kappa shape index (κ1) is 11.4. The zero-order valence-electron chi connectivity index (χ0n) is 10.2. The van der Waals surface area contributed by atoms with E-state index in [1.165, 1.54) is 18.5 Å². The van der Waals surface area contributed by atoms with E-state index in [4.69, 9.17) is 0 Å². The summed E-state index contributed by atoms with van der Waals surface area (Å²) in [5.74, 6) is 0.512. The third-order valence-corrected chi connectivity index (χ3v) is 4.11. The molecular weight excluding hydrogens is 244 g/mol. The first-order chi connectivity index (χ1) is 8.75. The Kier molecular flexibility index (Phi) is 2.88. The van der Waals surface area contributed by atoms with Crippen molar-refractivity contribution in [1.82, 2.24) is 4.57 Å². The summed E-state index contributed by atoms with van der Waals surface area (Å²) < 4.78 is 2.04. The van der Waals surface area contributed by atoms with Crippen molar-refractivity contribution in [2.45, 2.75) is 18.8 Å². The lowest BCUT2D eigenvalue weighted by molar-refractivity contribution is 0.0998. The number of nitrogens with zero attached hydrogens (tertiary/aromatic N) is 2. The van der Waals surface area contributed by atoms with Crippen molar-refractivity contribution in [3.05, 3.63) is 51.8 Å². The Morgan fingerprint density at radius 2 is 2.06 bits per heavy atom. The monoisotopic (exact) mass is 258 g/mol. The van der Waals surface area contributed by atoms with Crippen LogP contribution in [0.5, 0.6) is 0 Å². The summed E-state index contributed by atoms with van der Waals surface area (Å²) in [6.07, 6.45) is 2.52. The van der Waals surface area contributed by atoms with Crippen molar-refractivity contribution in [3.8, 4) is 0 Å². The summed E-state index contributed by atoms with van der Waals surface area (Å²) in [5, 5.41) is 2.12. The van der Waals surface area contributed by atoms with E-state index in [9.17, 15) is 4.79 Å². The Balaban J connectivity index is 1.94. The van der Waals surface area contributed by atoms with Gasteiger partial charge in [-0.15, -0.1) is 11.3 Å². The molecule has 1 aliphatic rings. The molecule has 0 saturated heterocycles. The van der Waals surface area contributed by atoms with Gasteiger partial charge in [-0.3, -0.25) is 4.79 Å². The lowest BCUT2D eigenvalue weighted by atomic mass is 10.2. The highest BCUT2D eigenvalue weighted by atomic mass is 32.1. The van der Waals surface area contributed by atoms with Crippen LogP contribution in [-0.2, 0) is 7.05 Å². The molecule has 1 aromatic heterocycles. The number of rotatable bonds is 2. The van der Waals surface area contributed by atoms with Crippen LogP contribution in [0, 0.1) is 0 Å². The van der Waals surface area contributed by atoms with Crippen molar-refractivity contribution >= 4 is 17.2 Å². The second-order valence-electron chi connectivity index (χ2n) is 4.56. The van der Waals surface area contributed by atoms with Gasteiger partial charge in [-0.2, -0.15) is 4.99 Å². The quantitative estimate of drug-likeness (QED) is 0.815. The normalized spacial score (nSPS) is 15.9. The van der Waals surface area contributed by atoms with E-state index in [0.29, 0.717) is 11.5 Å². The fourth-order valence-corrected chi connectivity index (χ4v) is 2.94. The smallest absolute Gasteiger partial charge is 0.279 e. The van der Waals surface area contributed by atoms with Gasteiger partial charge >= 0.3 is 0 Å². The molecule has 1 amide bonds. The van der Waals surface area contributed by atoms with Gasteiger partial charge in [-0.05, 0) is 25.0 Å². The number of thiazole rings is 1. The minimum Gasteiger partial charge on any atom is -0.323 e. The number of hydrogen-bond acceptors (Lipinski definition) is 2. The van der Waals surface area contributed by atoms with E-state index in [0.717, 1.165) is 4.80 Å². The summed E-state index contributed by atoms with van der Waals surface area (Å²) in [6.45, 7) is 0. The lowest BCUT2D eigenvalue weighted by Crippen LogP contribution is -2.15. The van der Waals surface area contributed by atoms with Crippen LogP contribution in [0.4, 0.5) is 0 Å². The second-order valence-corrected chi connectivity index (χ2v) is 5.40. The van der Waals surface area contributed by atoms with Crippen LogP contribution in [0.25, 0.3) is 0 Å². The van der Waals surface area contributed by atoms with Crippen LogP contribution in [0.2, 0.25) is 0 Å². The first-order valence-corrected chi connectivity index (χ1v) is 6.92. The highest BCUT2D eigenvalue weighted by Crippen LogP contribution is 2.39. The molecule has 1 saturated carbocycles. The van der Waals surface area contributed by atoms with Gasteiger partial charge in [0.05, 0.1) is 0 Å².